The van der Waals surface area contributed by atoms with E-state index >= 15 is 0 Å². The molecule has 1 N–H and O–H groups in total. The molecule has 3 nitrogen and oxygen atoms in total. The first-order valence-corrected chi connectivity index (χ1v) is 7.10. The van der Waals surface area contributed by atoms with Gasteiger partial charge in [-0.1, -0.05) is 29.8 Å². The van der Waals surface area contributed by atoms with Gasteiger partial charge in [0.25, 0.3) is 0 Å². The molecular weight excluding hydrogens is 284 g/mol. The zero-order chi connectivity index (χ0) is 15.2. The van der Waals surface area contributed by atoms with Gasteiger partial charge < -0.3 is 10.1 Å². The van der Waals surface area contributed by atoms with Crippen LogP contribution in [0, 0.1) is 11.3 Å². The molecule has 0 aromatic heterocycles. The first-order chi connectivity index (χ1) is 10.1. The van der Waals surface area contributed by atoms with Gasteiger partial charge in [0, 0.05) is 11.7 Å². The summed E-state index contributed by atoms with van der Waals surface area (Å²) in [4.78, 5) is 0. The minimum absolute atomic E-state index is 0.203. The Hall–Kier alpha value is -2.18. The van der Waals surface area contributed by atoms with Gasteiger partial charge in [-0.25, -0.2) is 0 Å². The zero-order valence-electron chi connectivity index (χ0n) is 12.1. The molecule has 2 rings (SSSR count). The molecule has 108 valence electrons. The monoisotopic (exact) mass is 300 g/mol. The van der Waals surface area contributed by atoms with E-state index in [1.807, 2.05) is 24.3 Å². The number of ether oxygens (including phenoxy) is 1. The molecule has 0 saturated heterocycles. The molecule has 0 aliphatic rings. The van der Waals surface area contributed by atoms with Gasteiger partial charge in [-0.3, -0.25) is 0 Å². The molecule has 0 bridgehead atoms. The Morgan fingerprint density at radius 1 is 1.29 bits per heavy atom. The van der Waals surface area contributed by atoms with Gasteiger partial charge in [-0.2, -0.15) is 5.26 Å². The van der Waals surface area contributed by atoms with Crippen LogP contribution in [0.25, 0.3) is 0 Å². The molecule has 0 saturated carbocycles. The molecule has 0 spiro atoms. The number of anilines is 1. The molecule has 0 fully saturated rings. The Bertz CT molecular complexity index is 664. The Morgan fingerprint density at radius 3 is 2.76 bits per heavy atom. The van der Waals surface area contributed by atoms with Gasteiger partial charge in [-0.15, -0.1) is 0 Å². The maximum absolute atomic E-state index is 9.00. The maximum atomic E-state index is 9.00. The first-order valence-electron chi connectivity index (χ1n) is 6.72. The number of halogens is 1. The van der Waals surface area contributed by atoms with Crippen LogP contribution >= 0.6 is 11.6 Å². The lowest BCUT2D eigenvalue weighted by Crippen LogP contribution is -2.18. The number of nitriles is 1. The molecule has 0 amide bonds. The van der Waals surface area contributed by atoms with Gasteiger partial charge in [0.15, 0.2) is 0 Å². The summed E-state index contributed by atoms with van der Waals surface area (Å²) < 4.78 is 5.36. The quantitative estimate of drug-likeness (QED) is 0.897. The van der Waals surface area contributed by atoms with E-state index in [1.165, 1.54) is 0 Å². The Labute approximate surface area is 130 Å². The third-order valence-electron chi connectivity index (χ3n) is 3.22. The van der Waals surface area contributed by atoms with E-state index in [9.17, 15) is 0 Å². The van der Waals surface area contributed by atoms with Crippen molar-refractivity contribution < 1.29 is 4.74 Å². The van der Waals surface area contributed by atoms with Gasteiger partial charge in [-0.05, 0) is 43.2 Å². The largest absolute Gasteiger partial charge is 0.496 e. The fraction of sp³-hybridized carbons (Fsp3) is 0.235. The fourth-order valence-corrected chi connectivity index (χ4v) is 2.40. The van der Waals surface area contributed by atoms with Crippen LogP contribution in [-0.4, -0.2) is 13.2 Å². The van der Waals surface area contributed by atoms with E-state index in [0.29, 0.717) is 10.6 Å². The molecular formula is C17H17ClN2O. The number of hydrogen-bond acceptors (Lipinski definition) is 3. The summed E-state index contributed by atoms with van der Waals surface area (Å²) in [5, 5.41) is 12.9. The van der Waals surface area contributed by atoms with Crippen molar-refractivity contribution in [3.63, 3.8) is 0 Å². The maximum Gasteiger partial charge on any atom is 0.122 e. The smallest absolute Gasteiger partial charge is 0.122 e. The van der Waals surface area contributed by atoms with E-state index in [0.717, 1.165) is 23.4 Å². The van der Waals surface area contributed by atoms with Crippen LogP contribution in [0.15, 0.2) is 42.5 Å². The van der Waals surface area contributed by atoms with Crippen molar-refractivity contribution in [3.05, 3.63) is 58.6 Å². The predicted octanol–water partition coefficient (Wildman–Crippen LogP) is 4.26. The number of rotatable bonds is 5. The van der Waals surface area contributed by atoms with Crippen LogP contribution < -0.4 is 10.1 Å². The molecule has 1 unspecified atom stereocenters. The fourth-order valence-electron chi connectivity index (χ4n) is 2.24. The summed E-state index contributed by atoms with van der Waals surface area (Å²) in [5.74, 6) is 0.889. The summed E-state index contributed by atoms with van der Waals surface area (Å²) in [6.07, 6.45) is 0.828. The van der Waals surface area contributed by atoms with E-state index in [-0.39, 0.29) is 6.04 Å². The van der Waals surface area contributed by atoms with E-state index < -0.39 is 0 Å². The lowest BCUT2D eigenvalue weighted by molar-refractivity contribution is 0.409. The van der Waals surface area contributed by atoms with Gasteiger partial charge in [0.2, 0.25) is 0 Å². The van der Waals surface area contributed by atoms with Crippen LogP contribution in [0.5, 0.6) is 5.75 Å². The molecule has 0 heterocycles. The van der Waals surface area contributed by atoms with Crippen molar-refractivity contribution in [2.45, 2.75) is 19.4 Å². The number of benzene rings is 2. The highest BCUT2D eigenvalue weighted by molar-refractivity contribution is 6.31. The minimum Gasteiger partial charge on any atom is -0.496 e. The Morgan fingerprint density at radius 2 is 2.05 bits per heavy atom. The molecule has 0 radical (unpaired) electrons. The standard InChI is InChI=1S/C17H17ClN2O/c1-12(9-13-5-3-4-6-17(13)21-2)20-15-7-8-16(18)14(10-15)11-19/h3-8,10,12,20H,9H2,1-2H3. The van der Waals surface area contributed by atoms with Crippen molar-refractivity contribution in [2.75, 3.05) is 12.4 Å². The van der Waals surface area contributed by atoms with Gasteiger partial charge in [0.1, 0.15) is 11.8 Å². The van der Waals surface area contributed by atoms with Crippen LogP contribution in [0.1, 0.15) is 18.1 Å². The van der Waals surface area contributed by atoms with Crippen molar-refractivity contribution >= 4 is 17.3 Å². The molecule has 0 aliphatic heterocycles. The average molecular weight is 301 g/mol. The van der Waals surface area contributed by atoms with Crippen molar-refractivity contribution in [1.82, 2.24) is 0 Å². The summed E-state index contributed by atoms with van der Waals surface area (Å²) in [7, 11) is 1.68. The normalized spacial score (nSPS) is 11.5. The summed E-state index contributed by atoms with van der Waals surface area (Å²) in [6.45, 7) is 2.09. The van der Waals surface area contributed by atoms with Crippen LogP contribution in [0.3, 0.4) is 0 Å². The molecule has 1 atom stereocenters. The Kier molecular flexibility index (Phi) is 5.08. The highest BCUT2D eigenvalue weighted by Gasteiger charge is 2.09. The number of hydrogen-bond donors (Lipinski definition) is 1. The van der Waals surface area contributed by atoms with E-state index in [4.69, 9.17) is 21.6 Å². The summed E-state index contributed by atoms with van der Waals surface area (Å²) in [5.41, 5.74) is 2.51. The summed E-state index contributed by atoms with van der Waals surface area (Å²) in [6, 6.07) is 15.6. The third-order valence-corrected chi connectivity index (χ3v) is 3.55. The van der Waals surface area contributed by atoms with Crippen LogP contribution in [-0.2, 0) is 6.42 Å². The second kappa shape index (κ2) is 7.01. The second-order valence-corrected chi connectivity index (χ2v) is 5.27. The molecule has 2 aromatic carbocycles. The van der Waals surface area contributed by atoms with Crippen molar-refractivity contribution in [3.8, 4) is 11.8 Å². The third kappa shape index (κ3) is 3.90. The number of methoxy groups -OCH3 is 1. The van der Waals surface area contributed by atoms with Crippen molar-refractivity contribution in [1.29, 1.82) is 5.26 Å². The highest BCUT2D eigenvalue weighted by Crippen LogP contribution is 2.22. The SMILES string of the molecule is COc1ccccc1CC(C)Nc1ccc(Cl)c(C#N)c1. The minimum atomic E-state index is 0.203. The molecule has 2 aromatic rings. The first kappa shape index (κ1) is 15.2. The number of para-hydroxylation sites is 1. The molecule has 21 heavy (non-hydrogen) atoms. The van der Waals surface area contributed by atoms with Gasteiger partial charge in [0.05, 0.1) is 17.7 Å². The van der Waals surface area contributed by atoms with E-state index in [1.54, 1.807) is 19.2 Å². The van der Waals surface area contributed by atoms with Crippen LogP contribution in [0.4, 0.5) is 5.69 Å². The topological polar surface area (TPSA) is 45.0 Å². The van der Waals surface area contributed by atoms with E-state index in [2.05, 4.69) is 24.4 Å². The van der Waals surface area contributed by atoms with Crippen LogP contribution in [0.2, 0.25) is 5.02 Å². The zero-order valence-corrected chi connectivity index (χ0v) is 12.8. The molecule has 4 heteroatoms. The second-order valence-electron chi connectivity index (χ2n) is 4.87. The summed E-state index contributed by atoms with van der Waals surface area (Å²) >= 11 is 5.94. The average Bonchev–Trinajstić information content (AvgIpc) is 2.49. The highest BCUT2D eigenvalue weighted by atomic mass is 35.5. The van der Waals surface area contributed by atoms with Gasteiger partial charge >= 0.3 is 0 Å². The predicted molar refractivity (Wildman–Crippen MR) is 85.9 cm³/mol. The lowest BCUT2D eigenvalue weighted by atomic mass is 10.1. The lowest BCUT2D eigenvalue weighted by Gasteiger charge is -2.17. The Balaban J connectivity index is 2.08. The van der Waals surface area contributed by atoms with Crippen molar-refractivity contribution in [2.24, 2.45) is 0 Å². The molecule has 0 aliphatic carbocycles. The number of nitrogens with zero attached hydrogens (tertiary/aromatic N) is 1. The number of nitrogens with one attached hydrogen (secondary N) is 1.